The molecule has 0 saturated heterocycles. The van der Waals surface area contributed by atoms with Gasteiger partial charge < -0.3 is 4.74 Å². The van der Waals surface area contributed by atoms with Gasteiger partial charge in [-0.1, -0.05) is 12.1 Å². The first-order chi connectivity index (χ1) is 11.2. The number of rotatable bonds is 7. The molecule has 2 aromatic carbocycles. The Hall–Kier alpha value is -1.90. The lowest BCUT2D eigenvalue weighted by atomic mass is 10.2. The van der Waals surface area contributed by atoms with Crippen LogP contribution in [-0.2, 0) is 26.4 Å². The van der Waals surface area contributed by atoms with Crippen LogP contribution in [0.4, 0.5) is 0 Å². The van der Waals surface area contributed by atoms with Gasteiger partial charge in [0, 0.05) is 12.8 Å². The molecule has 0 unspecified atom stereocenters. The second-order valence-electron chi connectivity index (χ2n) is 5.15. The second-order valence-corrected chi connectivity index (χ2v) is 8.93. The van der Waals surface area contributed by atoms with Crippen LogP contribution < -0.4 is 9.46 Å². The molecule has 1 N–H and O–H groups in total. The van der Waals surface area contributed by atoms with Crippen LogP contribution in [0.5, 0.6) is 5.75 Å². The van der Waals surface area contributed by atoms with Gasteiger partial charge >= 0.3 is 0 Å². The summed E-state index contributed by atoms with van der Waals surface area (Å²) < 4.78 is 55.3. The van der Waals surface area contributed by atoms with Crippen molar-refractivity contribution in [1.29, 1.82) is 0 Å². The van der Waals surface area contributed by atoms with Gasteiger partial charge in [0.1, 0.15) is 5.75 Å². The Morgan fingerprint density at radius 2 is 1.58 bits per heavy atom. The van der Waals surface area contributed by atoms with Crippen molar-refractivity contribution >= 4 is 19.9 Å². The highest BCUT2D eigenvalue weighted by Crippen LogP contribution is 2.16. The molecule has 0 aliphatic heterocycles. The molecule has 0 amide bonds. The fourth-order valence-corrected chi connectivity index (χ4v) is 3.69. The van der Waals surface area contributed by atoms with Crippen LogP contribution in [0.3, 0.4) is 0 Å². The van der Waals surface area contributed by atoms with Crippen LogP contribution in [0.15, 0.2) is 58.3 Å². The maximum absolute atomic E-state index is 12.3. The summed E-state index contributed by atoms with van der Waals surface area (Å²) in [6, 6.07) is 12.2. The van der Waals surface area contributed by atoms with Crippen molar-refractivity contribution < 1.29 is 21.6 Å². The summed E-state index contributed by atoms with van der Waals surface area (Å²) in [5.41, 5.74) is 0.761. The first-order valence-electron chi connectivity index (χ1n) is 7.24. The van der Waals surface area contributed by atoms with Crippen molar-refractivity contribution in [3.05, 3.63) is 54.1 Å². The Morgan fingerprint density at radius 3 is 2.17 bits per heavy atom. The maximum atomic E-state index is 12.3. The van der Waals surface area contributed by atoms with E-state index in [9.17, 15) is 16.8 Å². The van der Waals surface area contributed by atoms with Crippen LogP contribution in [0.25, 0.3) is 0 Å². The number of hydrogen-bond acceptors (Lipinski definition) is 5. The normalized spacial score (nSPS) is 12.1. The summed E-state index contributed by atoms with van der Waals surface area (Å²) in [6.45, 7) is 2.51. The van der Waals surface area contributed by atoms with Crippen LogP contribution >= 0.6 is 0 Å². The molecule has 8 heteroatoms. The lowest BCUT2D eigenvalue weighted by Gasteiger charge is -2.09. The molecule has 6 nitrogen and oxygen atoms in total. The third kappa shape index (κ3) is 4.80. The van der Waals surface area contributed by atoms with Crippen molar-refractivity contribution in [2.45, 2.75) is 23.3 Å². The molecule has 0 heterocycles. The monoisotopic (exact) mass is 369 g/mol. The summed E-state index contributed by atoms with van der Waals surface area (Å²) in [7, 11) is -7.09. The van der Waals surface area contributed by atoms with Crippen LogP contribution in [-0.4, -0.2) is 29.7 Å². The van der Waals surface area contributed by atoms with Crippen molar-refractivity contribution in [2.24, 2.45) is 0 Å². The Bertz CT molecular complexity index is 904. The summed E-state index contributed by atoms with van der Waals surface area (Å²) in [6.07, 6.45) is 1.07. The topological polar surface area (TPSA) is 89.5 Å². The zero-order valence-electron chi connectivity index (χ0n) is 13.4. The molecule has 130 valence electrons. The second kappa shape index (κ2) is 7.33. The predicted molar refractivity (Wildman–Crippen MR) is 91.2 cm³/mol. The van der Waals surface area contributed by atoms with Gasteiger partial charge in [-0.05, 0) is 48.9 Å². The van der Waals surface area contributed by atoms with Crippen LogP contribution in [0, 0.1) is 0 Å². The standard InChI is InChI=1S/C16H19NO5S2/c1-3-22-14-6-4-5-13(11-14)12-17-24(20,21)16-9-7-15(8-10-16)23(2,18)19/h4-11,17H,3,12H2,1-2H3. The average molecular weight is 369 g/mol. The number of hydrogen-bond donors (Lipinski definition) is 1. The van der Waals surface area contributed by atoms with Crippen LogP contribution in [0.1, 0.15) is 12.5 Å². The Labute approximate surface area is 142 Å². The Balaban J connectivity index is 2.12. The molecular formula is C16H19NO5S2. The van der Waals surface area contributed by atoms with Gasteiger partial charge in [-0.15, -0.1) is 0 Å². The van der Waals surface area contributed by atoms with Crippen molar-refractivity contribution in [3.8, 4) is 5.75 Å². The predicted octanol–water partition coefficient (Wildman–Crippen LogP) is 1.97. The smallest absolute Gasteiger partial charge is 0.240 e. The van der Waals surface area contributed by atoms with Gasteiger partial charge in [-0.2, -0.15) is 0 Å². The SMILES string of the molecule is CCOc1cccc(CNS(=O)(=O)c2ccc(S(C)(=O)=O)cc2)c1. The third-order valence-electron chi connectivity index (χ3n) is 3.24. The first kappa shape index (κ1) is 18.4. The molecule has 2 rings (SSSR count). The zero-order valence-corrected chi connectivity index (χ0v) is 15.0. The number of ether oxygens (including phenoxy) is 1. The highest BCUT2D eigenvalue weighted by Gasteiger charge is 2.15. The van der Waals surface area contributed by atoms with E-state index >= 15 is 0 Å². The zero-order chi connectivity index (χ0) is 17.8. The fourth-order valence-electron chi connectivity index (χ4n) is 2.04. The summed E-state index contributed by atoms with van der Waals surface area (Å²) in [4.78, 5) is 0.0849. The van der Waals surface area contributed by atoms with E-state index < -0.39 is 19.9 Å². The number of benzene rings is 2. The van der Waals surface area contributed by atoms with E-state index in [0.717, 1.165) is 11.8 Å². The van der Waals surface area contributed by atoms with Crippen LogP contribution in [0.2, 0.25) is 0 Å². The molecule has 0 aliphatic rings. The van der Waals surface area contributed by atoms with E-state index in [2.05, 4.69) is 4.72 Å². The minimum atomic E-state index is -3.73. The highest BCUT2D eigenvalue weighted by atomic mass is 32.2. The summed E-state index contributed by atoms with van der Waals surface area (Å²) >= 11 is 0. The third-order valence-corrected chi connectivity index (χ3v) is 5.78. The van der Waals surface area contributed by atoms with E-state index in [1.807, 2.05) is 6.92 Å². The van der Waals surface area contributed by atoms with Gasteiger partial charge in [-0.3, -0.25) is 0 Å². The van der Waals surface area contributed by atoms with Gasteiger partial charge in [0.2, 0.25) is 10.0 Å². The molecule has 0 atom stereocenters. The number of sulfonamides is 1. The average Bonchev–Trinajstić information content (AvgIpc) is 2.53. The molecule has 24 heavy (non-hydrogen) atoms. The minimum absolute atomic E-state index is 0.0101. The van der Waals surface area contributed by atoms with E-state index in [1.54, 1.807) is 24.3 Å². The molecule has 0 spiro atoms. The lowest BCUT2D eigenvalue weighted by molar-refractivity contribution is 0.340. The van der Waals surface area contributed by atoms with E-state index in [1.165, 1.54) is 24.3 Å². The van der Waals surface area contributed by atoms with Gasteiger partial charge in [-0.25, -0.2) is 21.6 Å². The largest absolute Gasteiger partial charge is 0.494 e. The van der Waals surface area contributed by atoms with E-state index in [-0.39, 0.29) is 16.3 Å². The van der Waals surface area contributed by atoms with Gasteiger partial charge in [0.25, 0.3) is 0 Å². The molecule has 2 aromatic rings. The fraction of sp³-hybridized carbons (Fsp3) is 0.250. The lowest BCUT2D eigenvalue weighted by Crippen LogP contribution is -2.23. The molecule has 0 fully saturated rings. The summed E-state index contributed by atoms with van der Waals surface area (Å²) in [5.74, 6) is 0.673. The van der Waals surface area contributed by atoms with Gasteiger partial charge in [0.05, 0.1) is 16.4 Å². The van der Waals surface area contributed by atoms with Crippen molar-refractivity contribution in [2.75, 3.05) is 12.9 Å². The number of nitrogens with one attached hydrogen (secondary N) is 1. The Kier molecular flexibility index (Phi) is 5.63. The molecule has 0 bridgehead atoms. The highest BCUT2D eigenvalue weighted by molar-refractivity contribution is 7.90. The molecule has 0 saturated carbocycles. The van der Waals surface area contributed by atoms with Crippen molar-refractivity contribution in [3.63, 3.8) is 0 Å². The maximum Gasteiger partial charge on any atom is 0.240 e. The summed E-state index contributed by atoms with van der Waals surface area (Å²) in [5, 5.41) is 0. The van der Waals surface area contributed by atoms with E-state index in [0.29, 0.717) is 12.4 Å². The molecular weight excluding hydrogens is 350 g/mol. The van der Waals surface area contributed by atoms with Gasteiger partial charge in [0.15, 0.2) is 9.84 Å². The number of sulfone groups is 1. The molecule has 0 aliphatic carbocycles. The quantitative estimate of drug-likeness (QED) is 0.806. The minimum Gasteiger partial charge on any atom is -0.494 e. The first-order valence-corrected chi connectivity index (χ1v) is 10.6. The Morgan fingerprint density at radius 1 is 0.958 bits per heavy atom. The molecule has 0 radical (unpaired) electrons. The van der Waals surface area contributed by atoms with E-state index in [4.69, 9.17) is 4.74 Å². The molecule has 0 aromatic heterocycles. The van der Waals surface area contributed by atoms with Crippen molar-refractivity contribution in [1.82, 2.24) is 4.72 Å².